The highest BCUT2D eigenvalue weighted by Crippen LogP contribution is 2.15. The number of rotatable bonds is 4. The molecule has 0 aromatic carbocycles. The van der Waals surface area contributed by atoms with E-state index in [0.717, 1.165) is 0 Å². The normalized spacial score (nSPS) is 12.2. The lowest BCUT2D eigenvalue weighted by Gasteiger charge is -2.11. The molecular formula is C9H12ClN3O3. The van der Waals surface area contributed by atoms with Crippen molar-refractivity contribution < 1.29 is 9.53 Å². The molecule has 1 amide bonds. The van der Waals surface area contributed by atoms with Crippen LogP contribution in [-0.4, -0.2) is 22.6 Å². The molecule has 0 aliphatic heterocycles. The molecule has 1 heterocycles. The van der Waals surface area contributed by atoms with Gasteiger partial charge in [-0.25, -0.2) is 4.98 Å². The van der Waals surface area contributed by atoms with E-state index in [1.807, 2.05) is 0 Å². The van der Waals surface area contributed by atoms with Crippen molar-refractivity contribution in [3.05, 3.63) is 21.8 Å². The van der Waals surface area contributed by atoms with Crippen LogP contribution in [0.1, 0.15) is 6.92 Å². The SMILES string of the molecule is COc1c(Cl)ncn(CC(C)C(N)=O)c1=O. The van der Waals surface area contributed by atoms with E-state index in [0.29, 0.717) is 0 Å². The highest BCUT2D eigenvalue weighted by Gasteiger charge is 2.14. The van der Waals surface area contributed by atoms with Gasteiger partial charge in [-0.05, 0) is 0 Å². The average molecular weight is 246 g/mol. The number of methoxy groups -OCH3 is 1. The molecule has 0 aliphatic carbocycles. The molecule has 0 fully saturated rings. The first kappa shape index (κ1) is 12.5. The summed E-state index contributed by atoms with van der Waals surface area (Å²) in [6.45, 7) is 1.77. The van der Waals surface area contributed by atoms with E-state index in [9.17, 15) is 9.59 Å². The van der Waals surface area contributed by atoms with E-state index < -0.39 is 17.4 Å². The number of nitrogens with zero attached hydrogens (tertiary/aromatic N) is 2. The van der Waals surface area contributed by atoms with Crippen molar-refractivity contribution in [1.29, 1.82) is 0 Å². The van der Waals surface area contributed by atoms with Gasteiger partial charge in [-0.15, -0.1) is 0 Å². The molecule has 1 aromatic heterocycles. The lowest BCUT2D eigenvalue weighted by molar-refractivity contribution is -0.121. The van der Waals surface area contributed by atoms with Gasteiger partial charge < -0.3 is 10.5 Å². The Hall–Kier alpha value is -1.56. The monoisotopic (exact) mass is 245 g/mol. The Bertz CT molecular complexity index is 458. The number of aromatic nitrogens is 2. The third-order valence-corrected chi connectivity index (χ3v) is 2.38. The maximum atomic E-state index is 11.7. The van der Waals surface area contributed by atoms with Crippen molar-refractivity contribution in [1.82, 2.24) is 9.55 Å². The molecule has 16 heavy (non-hydrogen) atoms. The van der Waals surface area contributed by atoms with Crippen molar-refractivity contribution in [3.8, 4) is 5.75 Å². The Kier molecular flexibility index (Phi) is 3.89. The molecule has 0 saturated heterocycles. The Balaban J connectivity index is 3.08. The lowest BCUT2D eigenvalue weighted by Crippen LogP contribution is -2.30. The number of nitrogens with two attached hydrogens (primary N) is 1. The second-order valence-corrected chi connectivity index (χ2v) is 3.69. The first-order chi connectivity index (χ1) is 7.47. The van der Waals surface area contributed by atoms with Crippen LogP contribution in [0, 0.1) is 5.92 Å². The van der Waals surface area contributed by atoms with E-state index >= 15 is 0 Å². The van der Waals surface area contributed by atoms with Gasteiger partial charge >= 0.3 is 0 Å². The second-order valence-electron chi connectivity index (χ2n) is 3.33. The van der Waals surface area contributed by atoms with Crippen LogP contribution in [0.15, 0.2) is 11.1 Å². The molecule has 0 aliphatic rings. The number of hydrogen-bond donors (Lipinski definition) is 1. The molecule has 0 radical (unpaired) electrons. The number of carbonyl (C=O) groups is 1. The third kappa shape index (κ3) is 2.52. The van der Waals surface area contributed by atoms with E-state index in [1.165, 1.54) is 18.0 Å². The molecule has 0 bridgehead atoms. The highest BCUT2D eigenvalue weighted by atomic mass is 35.5. The Morgan fingerprint density at radius 1 is 1.75 bits per heavy atom. The maximum Gasteiger partial charge on any atom is 0.297 e. The summed E-state index contributed by atoms with van der Waals surface area (Å²) in [7, 11) is 1.33. The minimum Gasteiger partial charge on any atom is -0.489 e. The third-order valence-electron chi connectivity index (χ3n) is 2.11. The number of carbonyl (C=O) groups excluding carboxylic acids is 1. The zero-order chi connectivity index (χ0) is 12.3. The lowest BCUT2D eigenvalue weighted by atomic mass is 10.2. The zero-order valence-corrected chi connectivity index (χ0v) is 9.69. The van der Waals surface area contributed by atoms with Crippen LogP contribution in [0.5, 0.6) is 5.75 Å². The van der Waals surface area contributed by atoms with Gasteiger partial charge in [0, 0.05) is 6.54 Å². The Morgan fingerprint density at radius 2 is 2.38 bits per heavy atom. The van der Waals surface area contributed by atoms with Crippen LogP contribution < -0.4 is 16.0 Å². The summed E-state index contributed by atoms with van der Waals surface area (Å²) >= 11 is 5.66. The largest absolute Gasteiger partial charge is 0.489 e. The molecule has 7 heteroatoms. The molecular weight excluding hydrogens is 234 g/mol. The molecule has 0 saturated carbocycles. The number of primary amides is 1. The zero-order valence-electron chi connectivity index (χ0n) is 8.94. The molecule has 88 valence electrons. The van der Waals surface area contributed by atoms with Crippen LogP contribution in [0.4, 0.5) is 0 Å². The van der Waals surface area contributed by atoms with Crippen LogP contribution in [0.25, 0.3) is 0 Å². The summed E-state index contributed by atoms with van der Waals surface area (Å²) in [5.41, 5.74) is 4.67. The van der Waals surface area contributed by atoms with Crippen molar-refractivity contribution in [2.24, 2.45) is 11.7 Å². The van der Waals surface area contributed by atoms with E-state index in [1.54, 1.807) is 6.92 Å². The van der Waals surface area contributed by atoms with Crippen molar-refractivity contribution in [2.45, 2.75) is 13.5 Å². The van der Waals surface area contributed by atoms with Crippen molar-refractivity contribution in [3.63, 3.8) is 0 Å². The summed E-state index contributed by atoms with van der Waals surface area (Å²) < 4.78 is 6.05. The number of halogens is 1. The smallest absolute Gasteiger partial charge is 0.297 e. The van der Waals surface area contributed by atoms with Crippen molar-refractivity contribution in [2.75, 3.05) is 7.11 Å². The van der Waals surface area contributed by atoms with Crippen LogP contribution >= 0.6 is 11.6 Å². The van der Waals surface area contributed by atoms with Gasteiger partial charge in [-0.2, -0.15) is 0 Å². The van der Waals surface area contributed by atoms with Crippen LogP contribution in [0.3, 0.4) is 0 Å². The summed E-state index contributed by atoms with van der Waals surface area (Å²) in [5.74, 6) is -0.993. The molecule has 1 atom stereocenters. The average Bonchev–Trinajstić information content (AvgIpc) is 2.22. The topological polar surface area (TPSA) is 87.2 Å². The highest BCUT2D eigenvalue weighted by molar-refractivity contribution is 6.30. The van der Waals surface area contributed by atoms with E-state index in [4.69, 9.17) is 22.1 Å². The minimum atomic E-state index is -0.485. The molecule has 1 aromatic rings. The van der Waals surface area contributed by atoms with Gasteiger partial charge in [0.05, 0.1) is 19.4 Å². The van der Waals surface area contributed by atoms with Gasteiger partial charge in [0.2, 0.25) is 11.7 Å². The molecule has 6 nitrogen and oxygen atoms in total. The minimum absolute atomic E-state index is 0.00419. The van der Waals surface area contributed by atoms with E-state index in [-0.39, 0.29) is 17.4 Å². The first-order valence-corrected chi connectivity index (χ1v) is 4.93. The van der Waals surface area contributed by atoms with Crippen LogP contribution in [-0.2, 0) is 11.3 Å². The Morgan fingerprint density at radius 3 is 2.88 bits per heavy atom. The van der Waals surface area contributed by atoms with Crippen LogP contribution in [0.2, 0.25) is 5.15 Å². The van der Waals surface area contributed by atoms with Gasteiger partial charge in [-0.3, -0.25) is 14.2 Å². The summed E-state index contributed by atoms with van der Waals surface area (Å²) in [6.07, 6.45) is 1.26. The van der Waals surface area contributed by atoms with Gasteiger partial charge in [-0.1, -0.05) is 18.5 Å². The number of hydrogen-bond acceptors (Lipinski definition) is 4. The van der Waals surface area contributed by atoms with Gasteiger partial charge in [0.15, 0.2) is 5.15 Å². The van der Waals surface area contributed by atoms with Gasteiger partial charge in [0.25, 0.3) is 5.56 Å². The summed E-state index contributed by atoms with van der Waals surface area (Å²) in [5, 5.41) is -0.00419. The number of ether oxygens (including phenoxy) is 1. The fourth-order valence-electron chi connectivity index (χ4n) is 1.14. The van der Waals surface area contributed by atoms with Gasteiger partial charge in [0.1, 0.15) is 0 Å². The standard InChI is InChI=1S/C9H12ClN3O3/c1-5(8(11)14)3-13-4-12-7(10)6(16-2)9(13)15/h4-5H,3H2,1-2H3,(H2,11,14). The molecule has 1 unspecified atom stereocenters. The molecule has 1 rings (SSSR count). The fourth-order valence-corrected chi connectivity index (χ4v) is 1.34. The first-order valence-electron chi connectivity index (χ1n) is 4.55. The fraction of sp³-hybridized carbons (Fsp3) is 0.444. The molecule has 2 N–H and O–H groups in total. The quantitative estimate of drug-likeness (QED) is 0.758. The molecule has 0 spiro atoms. The summed E-state index contributed by atoms with van der Waals surface area (Å²) in [4.78, 5) is 26.4. The second kappa shape index (κ2) is 4.98. The predicted molar refractivity (Wildman–Crippen MR) is 58.4 cm³/mol. The Labute approximate surface area is 97.0 Å². The number of amides is 1. The predicted octanol–water partition coefficient (Wildman–Crippen LogP) is 0.0267. The summed E-state index contributed by atoms with van der Waals surface area (Å²) in [6, 6.07) is 0. The van der Waals surface area contributed by atoms with Crippen molar-refractivity contribution >= 4 is 17.5 Å². The maximum absolute atomic E-state index is 11.7. The van der Waals surface area contributed by atoms with E-state index in [2.05, 4.69) is 4.98 Å².